The van der Waals surface area contributed by atoms with E-state index in [1.807, 2.05) is 17.7 Å². The van der Waals surface area contributed by atoms with Crippen molar-refractivity contribution in [2.24, 2.45) is 0 Å². The molecule has 0 bridgehead atoms. The summed E-state index contributed by atoms with van der Waals surface area (Å²) in [6, 6.07) is 6.32. The molecule has 106 valence electrons. The van der Waals surface area contributed by atoms with Crippen molar-refractivity contribution in [2.75, 3.05) is 0 Å². The summed E-state index contributed by atoms with van der Waals surface area (Å²) in [6.45, 7) is 2.95. The van der Waals surface area contributed by atoms with E-state index in [9.17, 15) is 9.18 Å². The molecule has 0 spiro atoms. The topological polar surface area (TPSA) is 34.0 Å². The zero-order chi connectivity index (χ0) is 14.7. The first-order valence-electron chi connectivity index (χ1n) is 6.08. The lowest BCUT2D eigenvalue weighted by Gasteiger charge is -2.08. The number of aromatic nitrogens is 1. The zero-order valence-electron chi connectivity index (χ0n) is 10.8. The minimum absolute atomic E-state index is 0.182. The van der Waals surface area contributed by atoms with Crippen LogP contribution in [0.5, 0.6) is 0 Å². The van der Waals surface area contributed by atoms with Crippen LogP contribution in [0.15, 0.2) is 39.4 Å². The molecule has 0 aliphatic heterocycles. The van der Waals surface area contributed by atoms with E-state index >= 15 is 0 Å². The molecule has 0 atom stereocenters. The Morgan fingerprint density at radius 2 is 2.00 bits per heavy atom. The highest BCUT2D eigenvalue weighted by Crippen LogP contribution is 2.16. The molecule has 0 unspecified atom stereocenters. The van der Waals surface area contributed by atoms with Crippen LogP contribution in [0.2, 0.25) is 0 Å². The van der Waals surface area contributed by atoms with Crippen LogP contribution in [0.25, 0.3) is 0 Å². The average molecular weight is 404 g/mol. The highest BCUT2D eigenvalue weighted by Gasteiger charge is 2.12. The van der Waals surface area contributed by atoms with Gasteiger partial charge in [0.05, 0.1) is 0 Å². The second-order valence-corrected chi connectivity index (χ2v) is 6.12. The normalized spacial score (nSPS) is 10.6. The number of aryl methyl sites for hydroxylation is 1. The average Bonchev–Trinajstić information content (AvgIpc) is 2.76. The van der Waals surface area contributed by atoms with Gasteiger partial charge in [-0.05, 0) is 52.7 Å². The van der Waals surface area contributed by atoms with Gasteiger partial charge in [-0.1, -0.05) is 15.9 Å². The molecule has 1 aromatic carbocycles. The standard InChI is InChI=1S/C14H13Br2FN2O/c1-2-19-8-11(16)6-13(19)14(20)18-7-9-3-10(15)5-12(17)4-9/h3-6,8H,2,7H2,1H3,(H,18,20). The van der Waals surface area contributed by atoms with Gasteiger partial charge in [-0.25, -0.2) is 4.39 Å². The molecule has 0 radical (unpaired) electrons. The molecule has 20 heavy (non-hydrogen) atoms. The van der Waals surface area contributed by atoms with Crippen LogP contribution in [-0.2, 0) is 13.1 Å². The summed E-state index contributed by atoms with van der Waals surface area (Å²) in [7, 11) is 0. The Hall–Kier alpha value is -1.14. The van der Waals surface area contributed by atoms with Crippen LogP contribution in [0, 0.1) is 5.82 Å². The second kappa shape index (κ2) is 6.54. The van der Waals surface area contributed by atoms with Gasteiger partial charge in [-0.3, -0.25) is 4.79 Å². The molecule has 0 aliphatic carbocycles. The second-order valence-electron chi connectivity index (χ2n) is 4.29. The number of amides is 1. The molecule has 0 aliphatic rings. The maximum atomic E-state index is 13.2. The molecular formula is C14H13Br2FN2O. The summed E-state index contributed by atoms with van der Waals surface area (Å²) in [5.41, 5.74) is 1.29. The monoisotopic (exact) mass is 402 g/mol. The van der Waals surface area contributed by atoms with Gasteiger partial charge >= 0.3 is 0 Å². The van der Waals surface area contributed by atoms with Gasteiger partial charge in [-0.15, -0.1) is 0 Å². The SMILES string of the molecule is CCn1cc(Br)cc1C(=O)NCc1cc(F)cc(Br)c1. The minimum atomic E-state index is -0.330. The van der Waals surface area contributed by atoms with Crippen molar-refractivity contribution >= 4 is 37.8 Å². The van der Waals surface area contributed by atoms with Crippen molar-refractivity contribution in [1.29, 1.82) is 0 Å². The lowest BCUT2D eigenvalue weighted by molar-refractivity contribution is 0.0941. The fourth-order valence-electron chi connectivity index (χ4n) is 1.91. The fourth-order valence-corrected chi connectivity index (χ4v) is 2.89. The van der Waals surface area contributed by atoms with E-state index in [4.69, 9.17) is 0 Å². The Morgan fingerprint density at radius 3 is 2.65 bits per heavy atom. The number of hydrogen-bond acceptors (Lipinski definition) is 1. The van der Waals surface area contributed by atoms with Crippen LogP contribution in [0.1, 0.15) is 23.0 Å². The predicted molar refractivity (Wildman–Crippen MR) is 83.1 cm³/mol. The number of carbonyl (C=O) groups excluding carboxylic acids is 1. The van der Waals surface area contributed by atoms with Crippen LogP contribution in [-0.4, -0.2) is 10.5 Å². The number of rotatable bonds is 4. The molecule has 0 saturated heterocycles. The Balaban J connectivity index is 2.08. The Bertz CT molecular complexity index is 620. The number of hydrogen-bond donors (Lipinski definition) is 1. The first-order valence-corrected chi connectivity index (χ1v) is 7.67. The fraction of sp³-hybridized carbons (Fsp3) is 0.214. The first kappa shape index (κ1) is 15.3. The molecule has 1 heterocycles. The molecule has 6 heteroatoms. The Kier molecular flexibility index (Phi) is 4.99. The molecule has 2 aromatic rings. The van der Waals surface area contributed by atoms with Gasteiger partial charge in [0.15, 0.2) is 0 Å². The van der Waals surface area contributed by atoms with E-state index in [0.717, 1.165) is 4.47 Å². The third-order valence-electron chi connectivity index (χ3n) is 2.81. The van der Waals surface area contributed by atoms with Gasteiger partial charge in [0, 0.05) is 28.2 Å². The number of nitrogens with one attached hydrogen (secondary N) is 1. The van der Waals surface area contributed by atoms with Crippen molar-refractivity contribution in [1.82, 2.24) is 9.88 Å². The van der Waals surface area contributed by atoms with E-state index in [-0.39, 0.29) is 18.3 Å². The van der Waals surface area contributed by atoms with E-state index < -0.39 is 0 Å². The summed E-state index contributed by atoms with van der Waals surface area (Å²) < 4.78 is 16.6. The zero-order valence-corrected chi connectivity index (χ0v) is 14.0. The number of carbonyl (C=O) groups is 1. The Morgan fingerprint density at radius 1 is 1.25 bits per heavy atom. The summed E-state index contributed by atoms with van der Waals surface area (Å²) >= 11 is 6.58. The van der Waals surface area contributed by atoms with Gasteiger partial charge in [0.1, 0.15) is 11.5 Å². The predicted octanol–water partition coefficient (Wildman–Crippen LogP) is 4.10. The third kappa shape index (κ3) is 3.70. The van der Waals surface area contributed by atoms with Crippen molar-refractivity contribution in [3.8, 4) is 0 Å². The van der Waals surface area contributed by atoms with Crippen molar-refractivity contribution in [3.05, 3.63) is 56.5 Å². The molecule has 0 saturated carbocycles. The van der Waals surface area contributed by atoms with Crippen molar-refractivity contribution < 1.29 is 9.18 Å². The van der Waals surface area contributed by atoms with Gasteiger partial charge in [0.2, 0.25) is 0 Å². The lowest BCUT2D eigenvalue weighted by atomic mass is 10.2. The number of nitrogens with zero attached hydrogens (tertiary/aromatic N) is 1. The van der Waals surface area contributed by atoms with Crippen LogP contribution in [0.4, 0.5) is 4.39 Å². The molecule has 1 amide bonds. The summed E-state index contributed by atoms with van der Waals surface area (Å²) in [5.74, 6) is -0.513. The molecule has 2 rings (SSSR count). The highest BCUT2D eigenvalue weighted by atomic mass is 79.9. The first-order chi connectivity index (χ1) is 9.49. The summed E-state index contributed by atoms with van der Waals surface area (Å²) in [4.78, 5) is 12.1. The minimum Gasteiger partial charge on any atom is -0.347 e. The van der Waals surface area contributed by atoms with E-state index in [2.05, 4.69) is 37.2 Å². The van der Waals surface area contributed by atoms with Gasteiger partial charge in [-0.2, -0.15) is 0 Å². The van der Waals surface area contributed by atoms with Crippen molar-refractivity contribution in [2.45, 2.75) is 20.0 Å². The number of benzene rings is 1. The van der Waals surface area contributed by atoms with Gasteiger partial charge in [0.25, 0.3) is 5.91 Å². The maximum absolute atomic E-state index is 13.2. The smallest absolute Gasteiger partial charge is 0.268 e. The quantitative estimate of drug-likeness (QED) is 0.819. The molecular weight excluding hydrogens is 391 g/mol. The third-order valence-corrected chi connectivity index (χ3v) is 3.70. The van der Waals surface area contributed by atoms with Crippen LogP contribution < -0.4 is 5.32 Å². The van der Waals surface area contributed by atoms with E-state index in [1.165, 1.54) is 12.1 Å². The summed E-state index contributed by atoms with van der Waals surface area (Å²) in [5, 5.41) is 2.79. The van der Waals surface area contributed by atoms with E-state index in [1.54, 1.807) is 12.1 Å². The molecule has 1 N–H and O–H groups in total. The maximum Gasteiger partial charge on any atom is 0.268 e. The highest BCUT2D eigenvalue weighted by molar-refractivity contribution is 9.10. The van der Waals surface area contributed by atoms with Crippen molar-refractivity contribution in [3.63, 3.8) is 0 Å². The lowest BCUT2D eigenvalue weighted by Crippen LogP contribution is -2.25. The van der Waals surface area contributed by atoms with Gasteiger partial charge < -0.3 is 9.88 Å². The van der Waals surface area contributed by atoms with E-state index in [0.29, 0.717) is 22.3 Å². The molecule has 1 aromatic heterocycles. The number of halogens is 3. The molecule has 0 fully saturated rings. The molecule has 3 nitrogen and oxygen atoms in total. The summed E-state index contributed by atoms with van der Waals surface area (Å²) in [6.07, 6.45) is 1.85. The van der Waals surface area contributed by atoms with Crippen LogP contribution in [0.3, 0.4) is 0 Å². The largest absolute Gasteiger partial charge is 0.347 e. The Labute approximate surface area is 133 Å². The van der Waals surface area contributed by atoms with Crippen LogP contribution >= 0.6 is 31.9 Å².